The average Bonchev–Trinajstić information content (AvgIpc) is 2.48. The average molecular weight is 282 g/mol. The zero-order chi connectivity index (χ0) is 15.2. The highest BCUT2D eigenvalue weighted by Crippen LogP contribution is 2.21. The van der Waals surface area contributed by atoms with Crippen LogP contribution in [0.4, 0.5) is 11.4 Å². The van der Waals surface area contributed by atoms with E-state index in [0.29, 0.717) is 5.56 Å². The summed E-state index contributed by atoms with van der Waals surface area (Å²) < 4.78 is 0. The Morgan fingerprint density at radius 2 is 1.81 bits per heavy atom. The van der Waals surface area contributed by atoms with Gasteiger partial charge >= 0.3 is 0 Å². The standard InChI is InChI=1S/C18H22N2O/c1-4-14-8-6-7-9-16(14)20-18(21)15-11-10-13(3)12-17(15)19-5-2/h6-12,19H,4-5H2,1-3H3,(H,20,21). The Labute approximate surface area is 126 Å². The molecule has 0 heterocycles. The van der Waals surface area contributed by atoms with E-state index in [1.54, 1.807) is 0 Å². The van der Waals surface area contributed by atoms with Crippen LogP contribution in [0.2, 0.25) is 0 Å². The third-order valence-electron chi connectivity index (χ3n) is 3.43. The summed E-state index contributed by atoms with van der Waals surface area (Å²) in [7, 11) is 0. The molecule has 0 aliphatic carbocycles. The second-order valence-electron chi connectivity index (χ2n) is 5.04. The van der Waals surface area contributed by atoms with E-state index in [1.165, 1.54) is 0 Å². The molecule has 0 bridgehead atoms. The van der Waals surface area contributed by atoms with Crippen molar-refractivity contribution in [3.63, 3.8) is 0 Å². The first-order valence-corrected chi connectivity index (χ1v) is 7.39. The van der Waals surface area contributed by atoms with Crippen LogP contribution in [0, 0.1) is 6.92 Å². The predicted octanol–water partition coefficient (Wildman–Crippen LogP) is 4.24. The second-order valence-corrected chi connectivity index (χ2v) is 5.04. The predicted molar refractivity (Wildman–Crippen MR) is 89.1 cm³/mol. The molecule has 2 N–H and O–H groups in total. The zero-order valence-electron chi connectivity index (χ0n) is 12.9. The van der Waals surface area contributed by atoms with E-state index >= 15 is 0 Å². The molecule has 0 aliphatic rings. The van der Waals surface area contributed by atoms with Gasteiger partial charge in [0.1, 0.15) is 0 Å². The summed E-state index contributed by atoms with van der Waals surface area (Å²) in [6.45, 7) is 6.92. The summed E-state index contributed by atoms with van der Waals surface area (Å²) in [5.41, 5.74) is 4.71. The summed E-state index contributed by atoms with van der Waals surface area (Å²) >= 11 is 0. The molecule has 0 atom stereocenters. The van der Waals surface area contributed by atoms with Crippen LogP contribution in [0.1, 0.15) is 35.3 Å². The van der Waals surface area contributed by atoms with Gasteiger partial charge in [-0.3, -0.25) is 4.79 Å². The number of anilines is 2. The van der Waals surface area contributed by atoms with Crippen LogP contribution in [0.15, 0.2) is 42.5 Å². The van der Waals surface area contributed by atoms with Gasteiger partial charge in [-0.2, -0.15) is 0 Å². The molecular weight excluding hydrogens is 260 g/mol. The number of carbonyl (C=O) groups is 1. The first-order valence-electron chi connectivity index (χ1n) is 7.39. The van der Waals surface area contributed by atoms with Crippen molar-refractivity contribution in [3.8, 4) is 0 Å². The smallest absolute Gasteiger partial charge is 0.257 e. The van der Waals surface area contributed by atoms with Crippen molar-refractivity contribution in [3.05, 3.63) is 59.2 Å². The topological polar surface area (TPSA) is 41.1 Å². The first-order chi connectivity index (χ1) is 10.2. The lowest BCUT2D eigenvalue weighted by Crippen LogP contribution is -2.16. The second kappa shape index (κ2) is 6.93. The summed E-state index contributed by atoms with van der Waals surface area (Å²) in [4.78, 5) is 12.5. The molecule has 0 unspecified atom stereocenters. The molecule has 0 saturated heterocycles. The van der Waals surface area contributed by atoms with Gasteiger partial charge in [-0.05, 0) is 49.6 Å². The van der Waals surface area contributed by atoms with Gasteiger partial charge in [-0.25, -0.2) is 0 Å². The van der Waals surface area contributed by atoms with Crippen LogP contribution in [0.25, 0.3) is 0 Å². The Bertz CT molecular complexity index is 635. The van der Waals surface area contributed by atoms with E-state index < -0.39 is 0 Å². The molecule has 0 radical (unpaired) electrons. The molecule has 0 aromatic heterocycles. The quantitative estimate of drug-likeness (QED) is 0.861. The van der Waals surface area contributed by atoms with Gasteiger partial charge in [-0.15, -0.1) is 0 Å². The van der Waals surface area contributed by atoms with E-state index in [-0.39, 0.29) is 5.91 Å². The Kier molecular flexibility index (Phi) is 4.99. The third-order valence-corrected chi connectivity index (χ3v) is 3.43. The van der Waals surface area contributed by atoms with Crippen LogP contribution >= 0.6 is 0 Å². The number of hydrogen-bond donors (Lipinski definition) is 2. The lowest BCUT2D eigenvalue weighted by atomic mass is 10.1. The molecule has 0 aliphatic heterocycles. The van der Waals surface area contributed by atoms with Gasteiger partial charge < -0.3 is 10.6 Å². The molecule has 2 aromatic rings. The first kappa shape index (κ1) is 15.1. The lowest BCUT2D eigenvalue weighted by Gasteiger charge is -2.13. The van der Waals surface area contributed by atoms with Crippen molar-refractivity contribution in [2.75, 3.05) is 17.2 Å². The highest BCUT2D eigenvalue weighted by molar-refractivity contribution is 6.08. The highest BCUT2D eigenvalue weighted by atomic mass is 16.1. The summed E-state index contributed by atoms with van der Waals surface area (Å²) in [6, 6.07) is 13.7. The number of para-hydroxylation sites is 1. The van der Waals surface area contributed by atoms with Crippen LogP contribution in [0.3, 0.4) is 0 Å². The molecule has 110 valence electrons. The van der Waals surface area contributed by atoms with E-state index in [4.69, 9.17) is 0 Å². The van der Waals surface area contributed by atoms with Crippen molar-refractivity contribution < 1.29 is 4.79 Å². The van der Waals surface area contributed by atoms with E-state index in [2.05, 4.69) is 17.6 Å². The molecular formula is C18H22N2O. The van der Waals surface area contributed by atoms with Crippen LogP contribution in [-0.4, -0.2) is 12.5 Å². The Balaban J connectivity index is 2.28. The van der Waals surface area contributed by atoms with E-state index in [1.807, 2.05) is 56.3 Å². The Morgan fingerprint density at radius 3 is 2.52 bits per heavy atom. The molecule has 0 spiro atoms. The molecule has 3 nitrogen and oxygen atoms in total. The Hall–Kier alpha value is -2.29. The van der Waals surface area contributed by atoms with Crippen molar-refractivity contribution in [1.82, 2.24) is 0 Å². The maximum atomic E-state index is 12.5. The van der Waals surface area contributed by atoms with Gasteiger partial charge in [0.15, 0.2) is 0 Å². The monoisotopic (exact) mass is 282 g/mol. The number of carbonyl (C=O) groups excluding carboxylic acids is 1. The fourth-order valence-electron chi connectivity index (χ4n) is 2.33. The van der Waals surface area contributed by atoms with Crippen LogP contribution in [-0.2, 0) is 6.42 Å². The third kappa shape index (κ3) is 3.63. The van der Waals surface area contributed by atoms with Crippen molar-refractivity contribution in [1.29, 1.82) is 0 Å². The van der Waals surface area contributed by atoms with Crippen molar-refractivity contribution in [2.45, 2.75) is 27.2 Å². The summed E-state index contributed by atoms with van der Waals surface area (Å²) in [5, 5.41) is 6.27. The Morgan fingerprint density at radius 1 is 1.05 bits per heavy atom. The molecule has 3 heteroatoms. The normalized spacial score (nSPS) is 10.2. The minimum atomic E-state index is -0.0770. The molecule has 2 rings (SSSR count). The number of nitrogens with one attached hydrogen (secondary N) is 2. The highest BCUT2D eigenvalue weighted by Gasteiger charge is 2.12. The fourth-order valence-corrected chi connectivity index (χ4v) is 2.33. The molecule has 0 saturated carbocycles. The maximum absolute atomic E-state index is 12.5. The minimum Gasteiger partial charge on any atom is -0.385 e. The number of rotatable bonds is 5. The largest absolute Gasteiger partial charge is 0.385 e. The van der Waals surface area contributed by atoms with Crippen molar-refractivity contribution >= 4 is 17.3 Å². The number of aryl methyl sites for hydroxylation is 2. The summed E-state index contributed by atoms with van der Waals surface area (Å²) in [5.74, 6) is -0.0770. The van der Waals surface area contributed by atoms with Gasteiger partial charge in [-0.1, -0.05) is 31.2 Å². The fraction of sp³-hybridized carbons (Fsp3) is 0.278. The lowest BCUT2D eigenvalue weighted by molar-refractivity contribution is 0.102. The van der Waals surface area contributed by atoms with E-state index in [0.717, 1.165) is 35.5 Å². The molecule has 21 heavy (non-hydrogen) atoms. The van der Waals surface area contributed by atoms with E-state index in [9.17, 15) is 4.79 Å². The van der Waals surface area contributed by atoms with Crippen molar-refractivity contribution in [2.24, 2.45) is 0 Å². The van der Waals surface area contributed by atoms with Gasteiger partial charge in [0, 0.05) is 17.9 Å². The molecule has 2 aromatic carbocycles. The zero-order valence-corrected chi connectivity index (χ0v) is 12.9. The number of amides is 1. The molecule has 1 amide bonds. The SMILES string of the molecule is CCNc1cc(C)ccc1C(=O)Nc1ccccc1CC. The van der Waals surface area contributed by atoms with Gasteiger partial charge in [0.25, 0.3) is 5.91 Å². The van der Waals surface area contributed by atoms with Crippen LogP contribution < -0.4 is 10.6 Å². The van der Waals surface area contributed by atoms with Gasteiger partial charge in [0.2, 0.25) is 0 Å². The number of hydrogen-bond acceptors (Lipinski definition) is 2. The maximum Gasteiger partial charge on any atom is 0.257 e. The van der Waals surface area contributed by atoms with Gasteiger partial charge in [0.05, 0.1) is 5.56 Å². The minimum absolute atomic E-state index is 0.0770. The number of benzene rings is 2. The molecule has 0 fully saturated rings. The van der Waals surface area contributed by atoms with Crippen LogP contribution in [0.5, 0.6) is 0 Å². The summed E-state index contributed by atoms with van der Waals surface area (Å²) in [6.07, 6.45) is 0.893.